The summed E-state index contributed by atoms with van der Waals surface area (Å²) in [6.07, 6.45) is 5.32. The summed E-state index contributed by atoms with van der Waals surface area (Å²) in [4.78, 5) is 17.2. The molecule has 2 heterocycles. The van der Waals surface area contributed by atoms with E-state index in [1.807, 2.05) is 29.0 Å². The van der Waals surface area contributed by atoms with Crippen molar-refractivity contribution >= 4 is 23.5 Å². The summed E-state index contributed by atoms with van der Waals surface area (Å²) in [6.45, 7) is 3.74. The molecule has 2 aromatic rings. The number of carbonyl (C=O) groups excluding carboxylic acids is 1. The number of allylic oxidation sites excluding steroid dienone is 2. The number of aromatic nitrogens is 3. The smallest absolute Gasteiger partial charge is 0.227 e. The Labute approximate surface area is 144 Å². The van der Waals surface area contributed by atoms with Crippen LogP contribution in [0.25, 0.3) is 0 Å². The van der Waals surface area contributed by atoms with Crippen molar-refractivity contribution in [2.75, 3.05) is 11.1 Å². The van der Waals surface area contributed by atoms with Crippen LogP contribution in [0.5, 0.6) is 0 Å². The predicted octanol–water partition coefficient (Wildman–Crippen LogP) is 3.43. The standard InChI is InChI=1S/C18H18N4OS/c1-2-11-24-18-20-17-19-13-9-6-10-14(23)15(13)16(22(17)21-18)12-7-4-3-5-8-12/h2-5,7-9,15-16H,1,6,10-11H2,(H,19,20,21)/t15-,16-/m1/s1. The van der Waals surface area contributed by atoms with E-state index in [9.17, 15) is 4.79 Å². The fourth-order valence-electron chi connectivity index (χ4n) is 3.33. The topological polar surface area (TPSA) is 59.8 Å². The molecule has 122 valence electrons. The van der Waals surface area contributed by atoms with Crippen molar-refractivity contribution in [1.82, 2.24) is 14.8 Å². The number of nitrogens with zero attached hydrogens (tertiary/aromatic N) is 3. The van der Waals surface area contributed by atoms with Crippen LogP contribution in [-0.4, -0.2) is 26.3 Å². The number of anilines is 1. The van der Waals surface area contributed by atoms with Gasteiger partial charge in [0.2, 0.25) is 11.1 Å². The highest BCUT2D eigenvalue weighted by atomic mass is 32.2. The van der Waals surface area contributed by atoms with E-state index in [4.69, 9.17) is 0 Å². The molecule has 0 amide bonds. The predicted molar refractivity (Wildman–Crippen MR) is 95.0 cm³/mol. The normalized spacial score (nSPS) is 22.2. The molecule has 0 fully saturated rings. The molecule has 0 radical (unpaired) electrons. The van der Waals surface area contributed by atoms with Crippen LogP contribution < -0.4 is 5.32 Å². The Morgan fingerprint density at radius 1 is 1.38 bits per heavy atom. The highest BCUT2D eigenvalue weighted by Gasteiger charge is 2.41. The van der Waals surface area contributed by atoms with Crippen molar-refractivity contribution in [3.63, 3.8) is 0 Å². The van der Waals surface area contributed by atoms with Crippen molar-refractivity contribution < 1.29 is 4.79 Å². The van der Waals surface area contributed by atoms with E-state index < -0.39 is 0 Å². The first-order valence-corrected chi connectivity index (χ1v) is 9.01. The van der Waals surface area contributed by atoms with Gasteiger partial charge in [-0.05, 0) is 12.0 Å². The summed E-state index contributed by atoms with van der Waals surface area (Å²) in [6, 6.07) is 9.94. The van der Waals surface area contributed by atoms with E-state index in [-0.39, 0.29) is 17.7 Å². The molecule has 2 atom stereocenters. The van der Waals surface area contributed by atoms with Crippen LogP contribution in [0.2, 0.25) is 0 Å². The number of carbonyl (C=O) groups is 1. The third-order valence-corrected chi connectivity index (χ3v) is 5.19. The number of ketones is 1. The second-order valence-electron chi connectivity index (χ2n) is 5.88. The van der Waals surface area contributed by atoms with Gasteiger partial charge in [0.1, 0.15) is 5.78 Å². The molecule has 5 nitrogen and oxygen atoms in total. The van der Waals surface area contributed by atoms with E-state index in [1.165, 1.54) is 11.8 Å². The minimum atomic E-state index is -0.215. The fourth-order valence-corrected chi connectivity index (χ4v) is 3.90. The Kier molecular flexibility index (Phi) is 3.98. The quantitative estimate of drug-likeness (QED) is 0.683. The van der Waals surface area contributed by atoms with Gasteiger partial charge in [-0.1, -0.05) is 54.2 Å². The Bertz CT molecular complexity index is 812. The van der Waals surface area contributed by atoms with Crippen LogP contribution in [0.1, 0.15) is 24.4 Å². The largest absolute Gasteiger partial charge is 0.328 e. The second-order valence-corrected chi connectivity index (χ2v) is 6.87. The molecule has 0 bridgehead atoms. The number of Topliss-reactive ketones (excluding diaryl/α,β-unsaturated/α-hetero) is 1. The Morgan fingerprint density at radius 3 is 3.00 bits per heavy atom. The highest BCUT2D eigenvalue weighted by molar-refractivity contribution is 7.99. The first-order chi connectivity index (χ1) is 11.8. The molecule has 1 aromatic heterocycles. The third-order valence-electron chi connectivity index (χ3n) is 4.36. The molecule has 2 aliphatic rings. The summed E-state index contributed by atoms with van der Waals surface area (Å²) in [7, 11) is 0. The fraction of sp³-hybridized carbons (Fsp3) is 0.278. The number of benzene rings is 1. The molecular formula is C18H18N4OS. The molecule has 0 unspecified atom stereocenters. The van der Waals surface area contributed by atoms with Crippen LogP contribution in [0.15, 0.2) is 59.9 Å². The summed E-state index contributed by atoms with van der Waals surface area (Å²) in [5.41, 5.74) is 2.04. The minimum absolute atomic E-state index is 0.146. The number of hydrogen-bond acceptors (Lipinski definition) is 5. The molecule has 1 N–H and O–H groups in total. The molecule has 1 aliphatic carbocycles. The van der Waals surface area contributed by atoms with Gasteiger partial charge in [0.15, 0.2) is 0 Å². The number of fused-ring (bicyclic) bond motifs is 2. The number of hydrogen-bond donors (Lipinski definition) is 1. The lowest BCUT2D eigenvalue weighted by Crippen LogP contribution is -2.38. The summed E-state index contributed by atoms with van der Waals surface area (Å²) >= 11 is 1.54. The monoisotopic (exact) mass is 338 g/mol. The molecule has 1 aliphatic heterocycles. The molecule has 24 heavy (non-hydrogen) atoms. The van der Waals surface area contributed by atoms with Gasteiger partial charge in [-0.25, -0.2) is 4.68 Å². The SMILES string of the molecule is C=CCSc1nc2n(n1)[C@H](c1ccccc1)[C@H]1C(=O)CCC=C1N2. The van der Waals surface area contributed by atoms with Crippen molar-refractivity contribution in [3.8, 4) is 0 Å². The van der Waals surface area contributed by atoms with Gasteiger partial charge in [0.05, 0.1) is 12.0 Å². The van der Waals surface area contributed by atoms with Gasteiger partial charge >= 0.3 is 0 Å². The van der Waals surface area contributed by atoms with Gasteiger partial charge < -0.3 is 5.32 Å². The average molecular weight is 338 g/mol. The Balaban J connectivity index is 1.83. The van der Waals surface area contributed by atoms with Crippen LogP contribution >= 0.6 is 11.8 Å². The Hall–Kier alpha value is -2.34. The van der Waals surface area contributed by atoms with Gasteiger partial charge in [0.25, 0.3) is 0 Å². The van der Waals surface area contributed by atoms with Crippen molar-refractivity contribution in [2.45, 2.75) is 24.0 Å². The van der Waals surface area contributed by atoms with E-state index in [0.29, 0.717) is 17.5 Å². The zero-order valence-corrected chi connectivity index (χ0v) is 14.0. The van der Waals surface area contributed by atoms with Crippen molar-refractivity contribution in [2.24, 2.45) is 5.92 Å². The summed E-state index contributed by atoms with van der Waals surface area (Å²) < 4.78 is 1.87. The van der Waals surface area contributed by atoms with E-state index in [1.54, 1.807) is 0 Å². The lowest BCUT2D eigenvalue weighted by molar-refractivity contribution is -0.123. The first-order valence-electron chi connectivity index (χ1n) is 8.03. The lowest BCUT2D eigenvalue weighted by atomic mass is 9.81. The lowest BCUT2D eigenvalue weighted by Gasteiger charge is -2.36. The van der Waals surface area contributed by atoms with Crippen molar-refractivity contribution in [1.29, 1.82) is 0 Å². The highest BCUT2D eigenvalue weighted by Crippen LogP contribution is 2.41. The number of nitrogens with one attached hydrogen (secondary N) is 1. The van der Waals surface area contributed by atoms with Crippen LogP contribution in [-0.2, 0) is 4.79 Å². The number of rotatable bonds is 4. The second kappa shape index (κ2) is 6.28. The maximum atomic E-state index is 12.6. The van der Waals surface area contributed by atoms with E-state index in [0.717, 1.165) is 23.4 Å². The minimum Gasteiger partial charge on any atom is -0.328 e. The van der Waals surface area contributed by atoms with Gasteiger partial charge in [-0.2, -0.15) is 4.98 Å². The summed E-state index contributed by atoms with van der Waals surface area (Å²) in [5, 5.41) is 8.67. The molecule has 0 saturated carbocycles. The average Bonchev–Trinajstić information content (AvgIpc) is 3.01. The van der Waals surface area contributed by atoms with E-state index >= 15 is 0 Å². The van der Waals surface area contributed by atoms with Crippen LogP contribution in [0.3, 0.4) is 0 Å². The molecule has 0 saturated heterocycles. The van der Waals surface area contributed by atoms with Crippen LogP contribution in [0.4, 0.5) is 5.95 Å². The van der Waals surface area contributed by atoms with Gasteiger partial charge in [-0.3, -0.25) is 4.79 Å². The maximum absolute atomic E-state index is 12.6. The Morgan fingerprint density at radius 2 is 2.21 bits per heavy atom. The zero-order chi connectivity index (χ0) is 16.5. The van der Waals surface area contributed by atoms with Crippen molar-refractivity contribution in [3.05, 3.63) is 60.3 Å². The van der Waals surface area contributed by atoms with Gasteiger partial charge in [-0.15, -0.1) is 11.7 Å². The van der Waals surface area contributed by atoms with E-state index in [2.05, 4.69) is 40.2 Å². The zero-order valence-electron chi connectivity index (χ0n) is 13.2. The molecular weight excluding hydrogens is 320 g/mol. The summed E-state index contributed by atoms with van der Waals surface area (Å²) in [5.74, 6) is 1.50. The molecule has 4 rings (SSSR count). The first kappa shape index (κ1) is 15.2. The number of thioether (sulfide) groups is 1. The van der Waals surface area contributed by atoms with Gasteiger partial charge in [0, 0.05) is 17.9 Å². The molecule has 6 heteroatoms. The van der Waals surface area contributed by atoms with Crippen LogP contribution in [0, 0.1) is 5.92 Å². The molecule has 0 spiro atoms. The third kappa shape index (κ3) is 2.57. The molecule has 1 aromatic carbocycles. The maximum Gasteiger partial charge on any atom is 0.227 e.